The highest BCUT2D eigenvalue weighted by atomic mass is 127. The quantitative estimate of drug-likeness (QED) is 0.341. The molecule has 1 aliphatic carbocycles. The van der Waals surface area contributed by atoms with Crippen LogP contribution in [0.2, 0.25) is 0 Å². The molecule has 1 aliphatic rings. The molecular formula is C19H28IN5OS. The number of aryl methyl sites for hydroxylation is 1. The summed E-state index contributed by atoms with van der Waals surface area (Å²) in [5.41, 5.74) is 1.02. The second kappa shape index (κ2) is 11.4. The lowest BCUT2D eigenvalue weighted by molar-refractivity contribution is 0.199. The maximum atomic E-state index is 6.10. The maximum absolute atomic E-state index is 6.10. The first-order chi connectivity index (χ1) is 12.7. The van der Waals surface area contributed by atoms with E-state index >= 15 is 0 Å². The third-order valence-corrected chi connectivity index (χ3v) is 5.17. The number of nitrogens with zero attached hydrogens (tertiary/aromatic N) is 3. The minimum Gasteiger partial charge on any atom is -0.474 e. The van der Waals surface area contributed by atoms with Crippen molar-refractivity contribution in [1.82, 2.24) is 20.6 Å². The van der Waals surface area contributed by atoms with Gasteiger partial charge in [0.25, 0.3) is 0 Å². The highest BCUT2D eigenvalue weighted by Gasteiger charge is 2.18. The number of pyridine rings is 1. The van der Waals surface area contributed by atoms with Gasteiger partial charge in [-0.25, -0.2) is 15.0 Å². The number of guanidine groups is 1. The first-order valence-electron chi connectivity index (χ1n) is 9.28. The van der Waals surface area contributed by atoms with Crippen molar-refractivity contribution in [3.05, 3.63) is 40.0 Å². The molecule has 1 fully saturated rings. The van der Waals surface area contributed by atoms with Crippen molar-refractivity contribution < 1.29 is 4.74 Å². The van der Waals surface area contributed by atoms with E-state index in [2.05, 4.69) is 34.4 Å². The van der Waals surface area contributed by atoms with Gasteiger partial charge in [0.05, 0.1) is 13.1 Å². The highest BCUT2D eigenvalue weighted by molar-refractivity contribution is 14.0. The first-order valence-corrected chi connectivity index (χ1v) is 10.1. The average Bonchev–Trinajstić information content (AvgIpc) is 3.30. The summed E-state index contributed by atoms with van der Waals surface area (Å²) in [7, 11) is 0. The Hall–Kier alpha value is -1.42. The molecule has 8 heteroatoms. The lowest BCUT2D eigenvalue weighted by Crippen LogP contribution is -2.36. The number of aliphatic imine (C=N–C) groups is 1. The Kier molecular flexibility index (Phi) is 9.26. The summed E-state index contributed by atoms with van der Waals surface area (Å²) in [4.78, 5) is 14.7. The molecule has 0 unspecified atom stereocenters. The molecule has 148 valence electrons. The van der Waals surface area contributed by atoms with Crippen molar-refractivity contribution in [2.24, 2.45) is 4.99 Å². The maximum Gasteiger partial charge on any atom is 0.218 e. The zero-order valence-electron chi connectivity index (χ0n) is 15.9. The van der Waals surface area contributed by atoms with Crippen LogP contribution in [-0.4, -0.2) is 28.6 Å². The Balaban J connectivity index is 0.00000261. The second-order valence-electron chi connectivity index (χ2n) is 6.41. The SMILES string of the molecule is CCNC(=NCc1cccnc1OC1CCCC1)NCc1ncc(C)s1.I. The molecule has 2 aromatic heterocycles. The molecule has 0 aliphatic heterocycles. The molecule has 0 spiro atoms. The monoisotopic (exact) mass is 501 g/mol. The normalized spacial score (nSPS) is 14.7. The smallest absolute Gasteiger partial charge is 0.218 e. The van der Waals surface area contributed by atoms with Crippen molar-refractivity contribution in [1.29, 1.82) is 0 Å². The van der Waals surface area contributed by atoms with Crippen LogP contribution in [0.5, 0.6) is 5.88 Å². The fraction of sp³-hybridized carbons (Fsp3) is 0.526. The van der Waals surface area contributed by atoms with Crippen LogP contribution in [0.25, 0.3) is 0 Å². The van der Waals surface area contributed by atoms with Gasteiger partial charge in [0.15, 0.2) is 5.96 Å². The number of hydrogen-bond acceptors (Lipinski definition) is 5. The van der Waals surface area contributed by atoms with Crippen LogP contribution >= 0.6 is 35.3 Å². The molecule has 2 N–H and O–H groups in total. The van der Waals surface area contributed by atoms with E-state index in [4.69, 9.17) is 9.73 Å². The van der Waals surface area contributed by atoms with E-state index in [1.165, 1.54) is 17.7 Å². The van der Waals surface area contributed by atoms with Crippen molar-refractivity contribution in [2.75, 3.05) is 6.54 Å². The fourth-order valence-corrected chi connectivity index (χ4v) is 3.69. The van der Waals surface area contributed by atoms with E-state index in [9.17, 15) is 0 Å². The predicted molar refractivity (Wildman–Crippen MR) is 121 cm³/mol. The van der Waals surface area contributed by atoms with Gasteiger partial charge in [-0.1, -0.05) is 6.07 Å². The Bertz CT molecular complexity index is 730. The van der Waals surface area contributed by atoms with E-state index in [0.717, 1.165) is 41.8 Å². The Morgan fingerprint density at radius 1 is 1.30 bits per heavy atom. The Labute approximate surface area is 182 Å². The summed E-state index contributed by atoms with van der Waals surface area (Å²) in [5.74, 6) is 1.49. The summed E-state index contributed by atoms with van der Waals surface area (Å²) in [5, 5.41) is 7.67. The van der Waals surface area contributed by atoms with Crippen LogP contribution in [-0.2, 0) is 13.1 Å². The zero-order valence-corrected chi connectivity index (χ0v) is 19.0. The van der Waals surface area contributed by atoms with E-state index in [1.54, 1.807) is 17.5 Å². The minimum absolute atomic E-state index is 0. The van der Waals surface area contributed by atoms with Crippen LogP contribution in [0.3, 0.4) is 0 Å². The molecule has 0 amide bonds. The van der Waals surface area contributed by atoms with Crippen LogP contribution < -0.4 is 15.4 Å². The molecule has 0 atom stereocenters. The van der Waals surface area contributed by atoms with Crippen molar-refractivity contribution in [3.8, 4) is 5.88 Å². The zero-order chi connectivity index (χ0) is 18.2. The number of aromatic nitrogens is 2. The van der Waals surface area contributed by atoms with E-state index < -0.39 is 0 Å². The standard InChI is InChI=1S/C19H27N5OS.HI/c1-3-20-19(24-13-17-22-11-14(2)26-17)23-12-15-7-6-10-21-18(15)25-16-8-4-5-9-16;/h6-7,10-11,16H,3-5,8-9,12-13H2,1-2H3,(H2,20,23,24);1H. The van der Waals surface area contributed by atoms with Crippen molar-refractivity contribution >= 4 is 41.3 Å². The van der Waals surface area contributed by atoms with E-state index in [0.29, 0.717) is 19.2 Å². The van der Waals surface area contributed by atoms with Crippen LogP contribution in [0.15, 0.2) is 29.5 Å². The van der Waals surface area contributed by atoms with Gasteiger partial charge in [-0.15, -0.1) is 35.3 Å². The topological polar surface area (TPSA) is 71.4 Å². The second-order valence-corrected chi connectivity index (χ2v) is 7.72. The molecule has 6 nitrogen and oxygen atoms in total. The van der Waals surface area contributed by atoms with Crippen molar-refractivity contribution in [3.63, 3.8) is 0 Å². The van der Waals surface area contributed by atoms with Crippen LogP contribution in [0.1, 0.15) is 48.1 Å². The Morgan fingerprint density at radius 3 is 2.81 bits per heavy atom. The lowest BCUT2D eigenvalue weighted by atomic mass is 10.2. The average molecular weight is 501 g/mol. The number of rotatable bonds is 7. The fourth-order valence-electron chi connectivity index (χ4n) is 2.96. The van der Waals surface area contributed by atoms with Gasteiger partial charge in [-0.2, -0.15) is 0 Å². The molecule has 3 rings (SSSR count). The summed E-state index contributed by atoms with van der Waals surface area (Å²) in [6.45, 7) is 6.13. The predicted octanol–water partition coefficient (Wildman–Crippen LogP) is 4.04. The molecule has 2 heterocycles. The van der Waals surface area contributed by atoms with Gasteiger partial charge >= 0.3 is 0 Å². The van der Waals surface area contributed by atoms with E-state index in [-0.39, 0.29) is 24.0 Å². The van der Waals surface area contributed by atoms with Gasteiger partial charge in [-0.3, -0.25) is 0 Å². The molecule has 1 saturated carbocycles. The molecular weight excluding hydrogens is 473 g/mol. The molecule has 0 aromatic carbocycles. The first kappa shape index (κ1) is 21.9. The third kappa shape index (κ3) is 6.91. The Morgan fingerprint density at radius 2 is 2.11 bits per heavy atom. The van der Waals surface area contributed by atoms with Crippen LogP contribution in [0, 0.1) is 6.92 Å². The van der Waals surface area contributed by atoms with Gasteiger partial charge in [0.2, 0.25) is 5.88 Å². The number of nitrogens with one attached hydrogen (secondary N) is 2. The molecule has 0 radical (unpaired) electrons. The van der Waals surface area contributed by atoms with Gasteiger partial charge in [0, 0.05) is 29.4 Å². The molecule has 2 aromatic rings. The van der Waals surface area contributed by atoms with Gasteiger partial charge in [0.1, 0.15) is 11.1 Å². The van der Waals surface area contributed by atoms with Gasteiger partial charge in [-0.05, 0) is 45.6 Å². The molecule has 27 heavy (non-hydrogen) atoms. The van der Waals surface area contributed by atoms with E-state index in [1.807, 2.05) is 18.3 Å². The number of ether oxygens (including phenoxy) is 1. The van der Waals surface area contributed by atoms with Crippen molar-refractivity contribution in [2.45, 2.75) is 58.7 Å². The van der Waals surface area contributed by atoms with Crippen LogP contribution in [0.4, 0.5) is 0 Å². The number of hydrogen-bond donors (Lipinski definition) is 2. The molecule has 0 bridgehead atoms. The summed E-state index contributed by atoms with van der Waals surface area (Å²) in [6, 6.07) is 3.97. The number of thiazole rings is 1. The third-order valence-electron chi connectivity index (χ3n) is 4.26. The minimum atomic E-state index is 0. The molecule has 0 saturated heterocycles. The number of halogens is 1. The summed E-state index contributed by atoms with van der Waals surface area (Å²) < 4.78 is 6.10. The van der Waals surface area contributed by atoms with Gasteiger partial charge < -0.3 is 15.4 Å². The summed E-state index contributed by atoms with van der Waals surface area (Å²) >= 11 is 1.70. The largest absolute Gasteiger partial charge is 0.474 e. The summed E-state index contributed by atoms with van der Waals surface area (Å²) in [6.07, 6.45) is 8.71. The highest BCUT2D eigenvalue weighted by Crippen LogP contribution is 2.25. The lowest BCUT2D eigenvalue weighted by Gasteiger charge is -2.15.